The second-order valence-electron chi connectivity index (χ2n) is 3.67. The van der Waals surface area contributed by atoms with Crippen LogP contribution in [0.5, 0.6) is 0 Å². The molecule has 1 heterocycles. The normalized spacial score (nSPS) is 34.7. The van der Waals surface area contributed by atoms with Crippen LogP contribution in [0.15, 0.2) is 0 Å². The third-order valence-corrected chi connectivity index (χ3v) is 2.51. The van der Waals surface area contributed by atoms with Gasteiger partial charge in [0, 0.05) is 0 Å². The average molecular weight is 149 g/mol. The monoisotopic (exact) mass is 148 g/mol. The van der Waals surface area contributed by atoms with Crippen LogP contribution in [0.3, 0.4) is 0 Å². The van der Waals surface area contributed by atoms with Crippen LogP contribution in [0.2, 0.25) is 0 Å². The van der Waals surface area contributed by atoms with Crippen LogP contribution in [0.4, 0.5) is 0 Å². The van der Waals surface area contributed by atoms with Gasteiger partial charge in [-0.05, 0) is 5.41 Å². The Balaban J connectivity index is 2.60. The van der Waals surface area contributed by atoms with E-state index in [1.807, 2.05) is 0 Å². The van der Waals surface area contributed by atoms with E-state index in [1.165, 1.54) is 0 Å². The Labute approximate surface area is 61.3 Å². The first-order valence-electron chi connectivity index (χ1n) is 3.22. The van der Waals surface area contributed by atoms with Crippen molar-refractivity contribution in [3.8, 4) is 0 Å². The molecule has 0 aromatic heterocycles. The minimum Gasteiger partial charge on any atom is -0.368 e. The molecule has 0 aromatic rings. The van der Waals surface area contributed by atoms with Gasteiger partial charge in [-0.3, -0.25) is 0 Å². The van der Waals surface area contributed by atoms with E-state index in [2.05, 4.69) is 20.8 Å². The third-order valence-electron chi connectivity index (χ3n) is 2.08. The number of rotatable bonds is 1. The number of ether oxygens (including phenoxy) is 1. The third kappa shape index (κ3) is 1.08. The van der Waals surface area contributed by atoms with Crippen molar-refractivity contribution in [1.29, 1.82) is 0 Å². The fourth-order valence-electron chi connectivity index (χ4n) is 0.798. The molecule has 1 nitrogen and oxygen atoms in total. The first kappa shape index (κ1) is 7.36. The lowest BCUT2D eigenvalue weighted by molar-refractivity contribution is 0.177. The van der Waals surface area contributed by atoms with Gasteiger partial charge >= 0.3 is 0 Å². The van der Waals surface area contributed by atoms with Crippen LogP contribution in [-0.4, -0.2) is 18.1 Å². The summed E-state index contributed by atoms with van der Waals surface area (Å²) in [7, 11) is 0. The standard InChI is InChI=1S/C7H13ClO/c1-6(2,3)7(4-8)5-9-7/h4-5H2,1-3H3. The Morgan fingerprint density at radius 2 is 2.00 bits per heavy atom. The Hall–Kier alpha value is 0.250. The van der Waals surface area contributed by atoms with Crippen molar-refractivity contribution < 1.29 is 4.74 Å². The molecule has 1 aliphatic heterocycles. The smallest absolute Gasteiger partial charge is 0.110 e. The van der Waals surface area contributed by atoms with E-state index >= 15 is 0 Å². The lowest BCUT2D eigenvalue weighted by Gasteiger charge is -2.24. The van der Waals surface area contributed by atoms with E-state index < -0.39 is 0 Å². The molecular weight excluding hydrogens is 136 g/mol. The maximum atomic E-state index is 5.72. The molecule has 0 saturated carbocycles. The van der Waals surface area contributed by atoms with E-state index in [0.717, 1.165) is 6.61 Å². The van der Waals surface area contributed by atoms with Gasteiger partial charge in [-0.15, -0.1) is 11.6 Å². The van der Waals surface area contributed by atoms with Crippen molar-refractivity contribution in [3.63, 3.8) is 0 Å². The van der Waals surface area contributed by atoms with Crippen molar-refractivity contribution in [2.75, 3.05) is 12.5 Å². The highest BCUT2D eigenvalue weighted by molar-refractivity contribution is 6.18. The molecule has 1 atom stereocenters. The molecule has 0 spiro atoms. The molecule has 0 N–H and O–H groups in total. The molecule has 54 valence electrons. The molecule has 1 fully saturated rings. The van der Waals surface area contributed by atoms with Crippen molar-refractivity contribution in [2.45, 2.75) is 26.4 Å². The van der Waals surface area contributed by atoms with E-state index in [9.17, 15) is 0 Å². The van der Waals surface area contributed by atoms with Gasteiger partial charge in [-0.25, -0.2) is 0 Å². The highest BCUT2D eigenvalue weighted by Gasteiger charge is 2.53. The summed E-state index contributed by atoms with van der Waals surface area (Å²) in [5, 5.41) is 0. The van der Waals surface area contributed by atoms with Crippen molar-refractivity contribution >= 4 is 11.6 Å². The molecule has 0 aromatic carbocycles. The molecule has 0 radical (unpaired) electrons. The highest BCUT2D eigenvalue weighted by atomic mass is 35.5. The Bertz CT molecular complexity index is 111. The fourth-order valence-corrected chi connectivity index (χ4v) is 1.35. The molecule has 1 unspecified atom stereocenters. The summed E-state index contributed by atoms with van der Waals surface area (Å²) in [4.78, 5) is 0. The summed E-state index contributed by atoms with van der Waals surface area (Å²) in [6.07, 6.45) is 0. The predicted molar refractivity (Wildman–Crippen MR) is 38.9 cm³/mol. The first-order chi connectivity index (χ1) is 4.02. The zero-order chi connectivity index (χ0) is 7.12. The zero-order valence-corrected chi connectivity index (χ0v) is 6.96. The van der Waals surface area contributed by atoms with Gasteiger partial charge in [-0.1, -0.05) is 20.8 Å². The minimum absolute atomic E-state index is 0.00540. The van der Waals surface area contributed by atoms with Crippen LogP contribution < -0.4 is 0 Å². The lowest BCUT2D eigenvalue weighted by atomic mass is 9.82. The van der Waals surface area contributed by atoms with Crippen molar-refractivity contribution in [2.24, 2.45) is 5.41 Å². The fraction of sp³-hybridized carbons (Fsp3) is 1.00. The average Bonchev–Trinajstić information content (AvgIpc) is 2.40. The Morgan fingerprint density at radius 3 is 2.00 bits per heavy atom. The maximum Gasteiger partial charge on any atom is 0.110 e. The van der Waals surface area contributed by atoms with Gasteiger partial charge in [0.15, 0.2) is 0 Å². The number of epoxide rings is 1. The molecule has 9 heavy (non-hydrogen) atoms. The molecule has 1 aliphatic rings. The van der Waals surface area contributed by atoms with Crippen LogP contribution in [0, 0.1) is 5.41 Å². The van der Waals surface area contributed by atoms with E-state index in [1.54, 1.807) is 0 Å². The highest BCUT2D eigenvalue weighted by Crippen LogP contribution is 2.44. The second-order valence-corrected chi connectivity index (χ2v) is 3.93. The summed E-state index contributed by atoms with van der Waals surface area (Å²) in [6.45, 7) is 7.30. The summed E-state index contributed by atoms with van der Waals surface area (Å²) >= 11 is 5.72. The maximum absolute atomic E-state index is 5.72. The number of alkyl halides is 1. The number of hydrogen-bond acceptors (Lipinski definition) is 1. The van der Waals surface area contributed by atoms with Crippen LogP contribution in [0.25, 0.3) is 0 Å². The van der Waals surface area contributed by atoms with E-state index in [4.69, 9.17) is 16.3 Å². The predicted octanol–water partition coefficient (Wildman–Crippen LogP) is 2.04. The number of hydrogen-bond donors (Lipinski definition) is 0. The van der Waals surface area contributed by atoms with Gasteiger partial charge in [0.25, 0.3) is 0 Å². The van der Waals surface area contributed by atoms with Gasteiger partial charge in [-0.2, -0.15) is 0 Å². The molecule has 2 heteroatoms. The van der Waals surface area contributed by atoms with Crippen LogP contribution in [0.1, 0.15) is 20.8 Å². The minimum atomic E-state index is -0.00540. The molecule has 0 aliphatic carbocycles. The summed E-state index contributed by atoms with van der Waals surface area (Å²) in [5.74, 6) is 0.622. The first-order valence-corrected chi connectivity index (χ1v) is 3.75. The lowest BCUT2D eigenvalue weighted by Crippen LogP contribution is -2.31. The second kappa shape index (κ2) is 1.86. The zero-order valence-electron chi connectivity index (χ0n) is 6.20. The molecule has 1 rings (SSSR count). The molecule has 0 amide bonds. The van der Waals surface area contributed by atoms with Gasteiger partial charge in [0.1, 0.15) is 5.60 Å². The molecule has 1 saturated heterocycles. The SMILES string of the molecule is CC(C)(C)C1(CCl)CO1. The number of halogens is 1. The van der Waals surface area contributed by atoms with Crippen molar-refractivity contribution in [3.05, 3.63) is 0 Å². The van der Waals surface area contributed by atoms with Crippen LogP contribution >= 0.6 is 11.6 Å². The quantitative estimate of drug-likeness (QED) is 0.410. The largest absolute Gasteiger partial charge is 0.368 e. The Kier molecular flexibility index (Phi) is 1.52. The van der Waals surface area contributed by atoms with Crippen molar-refractivity contribution in [1.82, 2.24) is 0 Å². The van der Waals surface area contributed by atoms with Gasteiger partial charge in [0.2, 0.25) is 0 Å². The Morgan fingerprint density at radius 1 is 1.56 bits per heavy atom. The van der Waals surface area contributed by atoms with E-state index in [-0.39, 0.29) is 11.0 Å². The summed E-state index contributed by atoms with van der Waals surface area (Å²) in [5.41, 5.74) is 0.198. The van der Waals surface area contributed by atoms with E-state index in [0.29, 0.717) is 5.88 Å². The molecule has 0 bridgehead atoms. The summed E-state index contributed by atoms with van der Waals surface area (Å²) in [6, 6.07) is 0. The van der Waals surface area contributed by atoms with Gasteiger partial charge in [0.05, 0.1) is 12.5 Å². The topological polar surface area (TPSA) is 12.5 Å². The molecular formula is C7H13ClO. The van der Waals surface area contributed by atoms with Crippen LogP contribution in [-0.2, 0) is 4.74 Å². The summed E-state index contributed by atoms with van der Waals surface area (Å²) < 4.78 is 5.28. The van der Waals surface area contributed by atoms with Gasteiger partial charge < -0.3 is 4.74 Å².